The fourth-order valence-corrected chi connectivity index (χ4v) is 2.22. The highest BCUT2D eigenvalue weighted by atomic mass is 14.6. The van der Waals surface area contributed by atoms with E-state index < -0.39 is 0 Å². The second-order valence-corrected chi connectivity index (χ2v) is 7.57. The lowest BCUT2D eigenvalue weighted by molar-refractivity contribution is 0.701. The predicted octanol–water partition coefficient (Wildman–Crippen LogP) is 6.02. The predicted molar refractivity (Wildman–Crippen MR) is 132 cm³/mol. The van der Waals surface area contributed by atoms with Crippen LogP contribution in [0.1, 0.15) is 66.0 Å². The van der Waals surface area contributed by atoms with Gasteiger partial charge in [0.15, 0.2) is 0 Å². The fraction of sp³-hybridized carbons (Fsp3) is 0.370. The number of nitrogens with zero attached hydrogens (tertiary/aromatic N) is 1. The molecular formula is C27H40N2. The van der Waals surface area contributed by atoms with Gasteiger partial charge in [-0.2, -0.15) is 0 Å². The lowest BCUT2D eigenvalue weighted by Crippen LogP contribution is -2.24. The van der Waals surface area contributed by atoms with Crippen LogP contribution in [0.15, 0.2) is 54.9 Å². The Kier molecular flexibility index (Phi) is 14.9. The SMILES string of the molecule is C/C=C\c1cnccc1/C=C\C(C)CC.C/C=c1/cccc/c1=C/N.CC(C)C. The summed E-state index contributed by atoms with van der Waals surface area (Å²) in [6.45, 7) is 15.0. The van der Waals surface area contributed by atoms with Gasteiger partial charge in [-0.25, -0.2) is 0 Å². The van der Waals surface area contributed by atoms with Crippen LogP contribution in [0.3, 0.4) is 0 Å². The van der Waals surface area contributed by atoms with Gasteiger partial charge < -0.3 is 5.73 Å². The summed E-state index contributed by atoms with van der Waals surface area (Å²) < 4.78 is 0. The zero-order chi connectivity index (χ0) is 22.1. The third-order valence-electron chi connectivity index (χ3n) is 3.97. The average Bonchev–Trinajstić information content (AvgIpc) is 2.73. The molecule has 0 aliphatic heterocycles. The molecule has 158 valence electrons. The minimum absolute atomic E-state index is 0.636. The largest absolute Gasteiger partial charge is 0.404 e. The molecule has 1 aromatic heterocycles. The molecule has 2 nitrogen and oxygen atoms in total. The standard InChI is InChI=1S/C14H19N.C9H11N.C4H10/c1-4-6-14-11-15-10-9-13(14)8-7-12(3)5-2;1-2-8-5-3-4-6-9(8)7-10;1-4(2)3/h4,6-12H,5H2,1-3H3;2-7H,10H2,1H3;4H,1-3H3/b6-4-,8-7-;8-2-,9-7-;. The lowest BCUT2D eigenvalue weighted by atomic mass is 10.0. The van der Waals surface area contributed by atoms with Gasteiger partial charge in [0.2, 0.25) is 0 Å². The van der Waals surface area contributed by atoms with Gasteiger partial charge in [0, 0.05) is 18.6 Å². The van der Waals surface area contributed by atoms with E-state index in [1.807, 2.05) is 68.7 Å². The van der Waals surface area contributed by atoms with Gasteiger partial charge in [-0.05, 0) is 53.3 Å². The number of nitrogens with two attached hydrogens (primary N) is 1. The topological polar surface area (TPSA) is 38.9 Å². The van der Waals surface area contributed by atoms with E-state index in [-0.39, 0.29) is 0 Å². The smallest absolute Gasteiger partial charge is 0.0346 e. The molecule has 2 rings (SSSR count). The first-order valence-corrected chi connectivity index (χ1v) is 10.6. The van der Waals surface area contributed by atoms with Crippen molar-refractivity contribution in [3.8, 4) is 0 Å². The van der Waals surface area contributed by atoms with E-state index in [0.29, 0.717) is 5.92 Å². The Hall–Kier alpha value is -2.61. The number of aromatic nitrogens is 1. The van der Waals surface area contributed by atoms with Crippen LogP contribution in [0, 0.1) is 11.8 Å². The summed E-state index contributed by atoms with van der Waals surface area (Å²) in [4.78, 5) is 4.13. The maximum Gasteiger partial charge on any atom is 0.0346 e. The van der Waals surface area contributed by atoms with E-state index in [1.165, 1.54) is 22.8 Å². The number of allylic oxidation sites excluding steroid dienone is 2. The number of rotatable bonds is 4. The van der Waals surface area contributed by atoms with Crippen molar-refractivity contribution in [1.82, 2.24) is 4.98 Å². The Morgan fingerprint density at radius 1 is 0.931 bits per heavy atom. The Morgan fingerprint density at radius 2 is 1.55 bits per heavy atom. The molecule has 0 bridgehead atoms. The van der Waals surface area contributed by atoms with E-state index in [2.05, 4.69) is 57.8 Å². The van der Waals surface area contributed by atoms with Crippen molar-refractivity contribution in [1.29, 1.82) is 0 Å². The van der Waals surface area contributed by atoms with E-state index in [1.54, 1.807) is 6.20 Å². The summed E-state index contributed by atoms with van der Waals surface area (Å²) in [5.74, 6) is 1.47. The third kappa shape index (κ3) is 12.5. The molecule has 0 aliphatic carbocycles. The van der Waals surface area contributed by atoms with Crippen molar-refractivity contribution < 1.29 is 0 Å². The van der Waals surface area contributed by atoms with E-state index in [4.69, 9.17) is 5.73 Å². The molecule has 2 heteroatoms. The van der Waals surface area contributed by atoms with Crippen molar-refractivity contribution in [3.05, 3.63) is 76.4 Å². The number of hydrogen-bond donors (Lipinski definition) is 1. The molecule has 1 heterocycles. The lowest BCUT2D eigenvalue weighted by Gasteiger charge is -2.02. The van der Waals surface area contributed by atoms with Gasteiger partial charge in [0.25, 0.3) is 0 Å². The quantitative estimate of drug-likeness (QED) is 0.691. The summed E-state index contributed by atoms with van der Waals surface area (Å²) in [5, 5.41) is 2.27. The summed E-state index contributed by atoms with van der Waals surface area (Å²) >= 11 is 0. The van der Waals surface area contributed by atoms with Crippen LogP contribution in [0.5, 0.6) is 0 Å². The second-order valence-electron chi connectivity index (χ2n) is 7.57. The zero-order valence-electron chi connectivity index (χ0n) is 19.4. The molecule has 0 saturated carbocycles. The van der Waals surface area contributed by atoms with Crippen LogP contribution < -0.4 is 16.2 Å². The van der Waals surface area contributed by atoms with E-state index >= 15 is 0 Å². The number of pyridine rings is 1. The van der Waals surface area contributed by atoms with Crippen molar-refractivity contribution in [2.75, 3.05) is 0 Å². The normalized spacial score (nSPS) is 13.2. The number of hydrogen-bond acceptors (Lipinski definition) is 2. The Morgan fingerprint density at radius 3 is 2.03 bits per heavy atom. The van der Waals surface area contributed by atoms with Crippen molar-refractivity contribution in [3.63, 3.8) is 0 Å². The molecule has 0 fully saturated rings. The van der Waals surface area contributed by atoms with Crippen molar-refractivity contribution in [2.45, 2.75) is 54.9 Å². The van der Waals surface area contributed by atoms with Crippen LogP contribution in [0.4, 0.5) is 0 Å². The van der Waals surface area contributed by atoms with Crippen LogP contribution in [0.2, 0.25) is 0 Å². The maximum absolute atomic E-state index is 5.38. The molecule has 0 aliphatic rings. The highest BCUT2D eigenvalue weighted by molar-refractivity contribution is 5.64. The van der Waals surface area contributed by atoms with Crippen LogP contribution >= 0.6 is 0 Å². The molecule has 1 atom stereocenters. The molecule has 0 radical (unpaired) electrons. The van der Waals surface area contributed by atoms with Crippen LogP contribution in [0.25, 0.3) is 24.4 Å². The Bertz CT molecular complexity index is 809. The summed E-state index contributed by atoms with van der Waals surface area (Å²) in [6, 6.07) is 10.1. The molecule has 2 aromatic rings. The highest BCUT2D eigenvalue weighted by Gasteiger charge is 1.96. The first-order chi connectivity index (χ1) is 13.9. The highest BCUT2D eigenvalue weighted by Crippen LogP contribution is 2.13. The van der Waals surface area contributed by atoms with Gasteiger partial charge in [0.05, 0.1) is 0 Å². The number of benzene rings is 1. The minimum Gasteiger partial charge on any atom is -0.404 e. The third-order valence-corrected chi connectivity index (χ3v) is 3.97. The zero-order valence-corrected chi connectivity index (χ0v) is 19.4. The summed E-state index contributed by atoms with van der Waals surface area (Å²) in [5.41, 5.74) is 7.80. The molecule has 29 heavy (non-hydrogen) atoms. The first-order valence-electron chi connectivity index (χ1n) is 10.6. The van der Waals surface area contributed by atoms with E-state index in [9.17, 15) is 0 Å². The maximum atomic E-state index is 5.38. The molecule has 2 N–H and O–H groups in total. The summed E-state index contributed by atoms with van der Waals surface area (Å²) in [7, 11) is 0. The van der Waals surface area contributed by atoms with Crippen molar-refractivity contribution in [2.24, 2.45) is 17.6 Å². The molecule has 0 spiro atoms. The molecule has 0 saturated heterocycles. The molecular weight excluding hydrogens is 352 g/mol. The second kappa shape index (κ2) is 16.4. The summed E-state index contributed by atoms with van der Waals surface area (Å²) in [6.07, 6.45) is 17.1. The van der Waals surface area contributed by atoms with Crippen LogP contribution in [-0.2, 0) is 0 Å². The van der Waals surface area contributed by atoms with Crippen molar-refractivity contribution >= 4 is 24.4 Å². The average molecular weight is 393 g/mol. The van der Waals surface area contributed by atoms with Gasteiger partial charge in [-0.3, -0.25) is 4.98 Å². The van der Waals surface area contributed by atoms with E-state index in [0.717, 1.165) is 11.1 Å². The van der Waals surface area contributed by atoms with Crippen LogP contribution in [-0.4, -0.2) is 4.98 Å². The fourth-order valence-electron chi connectivity index (χ4n) is 2.22. The van der Waals surface area contributed by atoms with Gasteiger partial charge >= 0.3 is 0 Å². The Balaban J connectivity index is 0.000000481. The van der Waals surface area contributed by atoms with Gasteiger partial charge in [-0.1, -0.05) is 95.7 Å². The minimum atomic E-state index is 0.636. The first kappa shape index (κ1) is 26.4. The molecule has 1 aromatic carbocycles. The molecule has 0 amide bonds. The van der Waals surface area contributed by atoms with Gasteiger partial charge in [-0.15, -0.1) is 0 Å². The monoisotopic (exact) mass is 392 g/mol. The molecule has 1 unspecified atom stereocenters. The Labute approximate surface area is 178 Å². The van der Waals surface area contributed by atoms with Gasteiger partial charge in [0.1, 0.15) is 0 Å².